The maximum absolute atomic E-state index is 12.6. The van der Waals surface area contributed by atoms with Gasteiger partial charge in [0.25, 0.3) is 10.2 Å². The smallest absolute Gasteiger partial charge is 0.280 e. The fraction of sp³-hybridized carbons (Fsp3) is 1.00. The monoisotopic (exact) mass is 319 g/mol. The molecule has 2 heterocycles. The lowest BCUT2D eigenvalue weighted by molar-refractivity contribution is 0.0949. The molecule has 2 atom stereocenters. The van der Waals surface area contributed by atoms with Crippen molar-refractivity contribution in [2.45, 2.75) is 51.7 Å². The average molecular weight is 319 g/mol. The van der Waals surface area contributed by atoms with Crippen molar-refractivity contribution >= 4 is 10.2 Å². The van der Waals surface area contributed by atoms with Crippen LogP contribution in [0.4, 0.5) is 0 Å². The fourth-order valence-corrected chi connectivity index (χ4v) is 4.71. The van der Waals surface area contributed by atoms with E-state index in [4.69, 9.17) is 4.74 Å². The molecule has 0 aromatic rings. The van der Waals surface area contributed by atoms with Crippen molar-refractivity contribution in [3.63, 3.8) is 0 Å². The van der Waals surface area contributed by atoms with Gasteiger partial charge in [0.1, 0.15) is 0 Å². The molecule has 2 fully saturated rings. The van der Waals surface area contributed by atoms with Gasteiger partial charge < -0.3 is 10.1 Å². The number of nitrogens with one attached hydrogen (secondary N) is 2. The van der Waals surface area contributed by atoms with Crippen LogP contribution >= 0.6 is 0 Å². The van der Waals surface area contributed by atoms with Gasteiger partial charge in [0.05, 0.1) is 11.6 Å². The maximum Gasteiger partial charge on any atom is 0.280 e. The lowest BCUT2D eigenvalue weighted by Crippen LogP contribution is -2.56. The molecule has 2 aliphatic rings. The molecule has 0 spiro atoms. The SMILES string of the molecule is CCNCC1CCN(S(=O)(=O)NC2(C)CCOC2C)CC1. The summed E-state index contributed by atoms with van der Waals surface area (Å²) in [6.45, 7) is 9.74. The van der Waals surface area contributed by atoms with E-state index >= 15 is 0 Å². The maximum atomic E-state index is 12.6. The number of rotatable bonds is 6. The predicted molar refractivity (Wildman–Crippen MR) is 83.3 cm³/mol. The van der Waals surface area contributed by atoms with Crippen molar-refractivity contribution in [2.24, 2.45) is 5.92 Å². The summed E-state index contributed by atoms with van der Waals surface area (Å²) in [6.07, 6.45) is 2.50. The van der Waals surface area contributed by atoms with E-state index in [0.29, 0.717) is 25.6 Å². The van der Waals surface area contributed by atoms with E-state index < -0.39 is 15.7 Å². The van der Waals surface area contributed by atoms with Crippen molar-refractivity contribution < 1.29 is 13.2 Å². The Labute approximate surface area is 128 Å². The molecule has 6 nitrogen and oxygen atoms in total. The number of piperidine rings is 1. The van der Waals surface area contributed by atoms with Crippen LogP contribution in [-0.2, 0) is 14.9 Å². The third-order valence-corrected chi connectivity index (χ3v) is 6.61. The highest BCUT2D eigenvalue weighted by atomic mass is 32.2. The van der Waals surface area contributed by atoms with Crippen molar-refractivity contribution in [3.05, 3.63) is 0 Å². The van der Waals surface area contributed by atoms with Gasteiger partial charge >= 0.3 is 0 Å². The summed E-state index contributed by atoms with van der Waals surface area (Å²) in [5.74, 6) is 0.584. The van der Waals surface area contributed by atoms with Gasteiger partial charge in [-0.1, -0.05) is 6.92 Å². The van der Waals surface area contributed by atoms with E-state index in [1.165, 1.54) is 0 Å². The molecule has 0 bridgehead atoms. The molecule has 2 saturated heterocycles. The van der Waals surface area contributed by atoms with E-state index in [1.807, 2.05) is 13.8 Å². The summed E-state index contributed by atoms with van der Waals surface area (Å²) in [6, 6.07) is 0. The molecule has 2 rings (SSSR count). The standard InChI is InChI=1S/C14H29N3O3S/c1-4-15-11-13-5-8-17(9-6-13)21(18,19)16-14(3)7-10-20-12(14)2/h12-13,15-16H,4-11H2,1-3H3. The van der Waals surface area contributed by atoms with Crippen LogP contribution in [0, 0.1) is 5.92 Å². The van der Waals surface area contributed by atoms with Crippen LogP contribution in [0.1, 0.15) is 40.0 Å². The Kier molecular flexibility index (Phi) is 5.65. The highest BCUT2D eigenvalue weighted by Crippen LogP contribution is 2.27. The first-order valence-electron chi connectivity index (χ1n) is 7.99. The van der Waals surface area contributed by atoms with Crippen molar-refractivity contribution in [1.29, 1.82) is 0 Å². The molecule has 124 valence electrons. The van der Waals surface area contributed by atoms with Gasteiger partial charge in [-0.3, -0.25) is 0 Å². The molecule has 0 radical (unpaired) electrons. The quantitative estimate of drug-likeness (QED) is 0.756. The van der Waals surface area contributed by atoms with Gasteiger partial charge in [-0.15, -0.1) is 0 Å². The molecule has 2 N–H and O–H groups in total. The Morgan fingerprint density at radius 1 is 1.33 bits per heavy atom. The second-order valence-corrected chi connectivity index (χ2v) is 8.11. The van der Waals surface area contributed by atoms with Crippen LogP contribution in [0.3, 0.4) is 0 Å². The zero-order chi connectivity index (χ0) is 15.5. The first kappa shape index (κ1) is 17.1. The Balaban J connectivity index is 1.89. The van der Waals surface area contributed by atoms with Crippen molar-refractivity contribution in [1.82, 2.24) is 14.3 Å². The molecular formula is C14H29N3O3S. The third-order valence-electron chi connectivity index (χ3n) is 4.85. The Bertz CT molecular complexity index is 435. The first-order valence-corrected chi connectivity index (χ1v) is 9.43. The summed E-state index contributed by atoms with van der Waals surface area (Å²) in [4.78, 5) is 0. The molecule has 0 aromatic carbocycles. The largest absolute Gasteiger partial charge is 0.376 e. The van der Waals surface area contributed by atoms with Gasteiger partial charge in [0, 0.05) is 19.7 Å². The van der Waals surface area contributed by atoms with Crippen LogP contribution in [-0.4, -0.2) is 57.2 Å². The Morgan fingerprint density at radius 3 is 2.52 bits per heavy atom. The molecule has 0 saturated carbocycles. The van der Waals surface area contributed by atoms with E-state index in [-0.39, 0.29) is 6.10 Å². The second kappa shape index (κ2) is 6.91. The molecule has 2 unspecified atom stereocenters. The number of nitrogens with zero attached hydrogens (tertiary/aromatic N) is 1. The minimum Gasteiger partial charge on any atom is -0.376 e. The fourth-order valence-electron chi connectivity index (χ4n) is 3.03. The van der Waals surface area contributed by atoms with Crippen molar-refractivity contribution in [2.75, 3.05) is 32.8 Å². The van der Waals surface area contributed by atoms with Crippen LogP contribution in [0.5, 0.6) is 0 Å². The van der Waals surface area contributed by atoms with Crippen molar-refractivity contribution in [3.8, 4) is 0 Å². The molecule has 0 amide bonds. The normalized spacial score (nSPS) is 32.6. The molecule has 7 heteroatoms. The molecule has 0 aliphatic carbocycles. The lowest BCUT2D eigenvalue weighted by Gasteiger charge is -2.35. The minimum atomic E-state index is -3.42. The summed E-state index contributed by atoms with van der Waals surface area (Å²) >= 11 is 0. The zero-order valence-electron chi connectivity index (χ0n) is 13.4. The Morgan fingerprint density at radius 2 is 2.00 bits per heavy atom. The molecule has 2 aliphatic heterocycles. The summed E-state index contributed by atoms with van der Waals surface area (Å²) in [7, 11) is -3.42. The highest BCUT2D eigenvalue weighted by molar-refractivity contribution is 7.87. The Hall–Kier alpha value is -0.210. The topological polar surface area (TPSA) is 70.7 Å². The van der Waals surface area contributed by atoms with Gasteiger partial charge in [0.2, 0.25) is 0 Å². The van der Waals surface area contributed by atoms with Crippen LogP contribution < -0.4 is 10.0 Å². The molecule has 21 heavy (non-hydrogen) atoms. The van der Waals surface area contributed by atoms with Gasteiger partial charge in [0.15, 0.2) is 0 Å². The average Bonchev–Trinajstić information content (AvgIpc) is 2.75. The van der Waals surface area contributed by atoms with Crippen LogP contribution in [0.15, 0.2) is 0 Å². The highest BCUT2D eigenvalue weighted by Gasteiger charge is 2.42. The summed E-state index contributed by atoms with van der Waals surface area (Å²) in [5.41, 5.74) is -0.487. The molecule has 0 aromatic heterocycles. The van der Waals surface area contributed by atoms with Gasteiger partial charge in [-0.05, 0) is 52.1 Å². The van der Waals surface area contributed by atoms with E-state index in [2.05, 4.69) is 17.0 Å². The van der Waals surface area contributed by atoms with Gasteiger partial charge in [-0.25, -0.2) is 0 Å². The number of hydrogen-bond acceptors (Lipinski definition) is 4. The summed E-state index contributed by atoms with van der Waals surface area (Å²) in [5, 5.41) is 3.34. The first-order chi connectivity index (χ1) is 9.87. The van der Waals surface area contributed by atoms with Gasteiger partial charge in [-0.2, -0.15) is 17.4 Å². The molecular weight excluding hydrogens is 290 g/mol. The van der Waals surface area contributed by atoms with E-state index in [1.54, 1.807) is 4.31 Å². The third kappa shape index (κ3) is 4.16. The van der Waals surface area contributed by atoms with Crippen LogP contribution in [0.2, 0.25) is 0 Å². The zero-order valence-corrected chi connectivity index (χ0v) is 14.2. The van der Waals surface area contributed by atoms with Crippen LogP contribution in [0.25, 0.3) is 0 Å². The number of ether oxygens (including phenoxy) is 1. The van der Waals surface area contributed by atoms with E-state index in [0.717, 1.165) is 32.4 Å². The summed E-state index contributed by atoms with van der Waals surface area (Å²) < 4.78 is 35.1. The second-order valence-electron chi connectivity index (χ2n) is 6.44. The minimum absolute atomic E-state index is 0.0847. The predicted octanol–water partition coefficient (Wildman–Crippen LogP) is 0.710. The number of hydrogen-bond donors (Lipinski definition) is 2. The lowest BCUT2D eigenvalue weighted by atomic mass is 9.97. The van der Waals surface area contributed by atoms with E-state index in [9.17, 15) is 8.42 Å².